The van der Waals surface area contributed by atoms with E-state index in [0.29, 0.717) is 0 Å². The highest BCUT2D eigenvalue weighted by Gasteiger charge is 2.16. The third-order valence-corrected chi connectivity index (χ3v) is 3.47. The van der Waals surface area contributed by atoms with E-state index in [0.717, 1.165) is 6.42 Å². The van der Waals surface area contributed by atoms with Crippen LogP contribution in [0.25, 0.3) is 0 Å². The lowest BCUT2D eigenvalue weighted by Crippen LogP contribution is -2.31. The van der Waals surface area contributed by atoms with Crippen LogP contribution in [-0.4, -0.2) is 13.1 Å². The molecule has 0 aromatic heterocycles. The molecule has 1 aromatic rings. The Morgan fingerprint density at radius 2 is 1.88 bits per heavy atom. The van der Waals surface area contributed by atoms with Gasteiger partial charge in [-0.25, -0.2) is 0 Å². The van der Waals surface area contributed by atoms with Gasteiger partial charge in [0, 0.05) is 24.8 Å². The first kappa shape index (κ1) is 11.5. The van der Waals surface area contributed by atoms with E-state index in [4.69, 9.17) is 5.73 Å². The van der Waals surface area contributed by atoms with E-state index in [1.54, 1.807) is 0 Å². The summed E-state index contributed by atoms with van der Waals surface area (Å²) in [5, 5.41) is 0. The quantitative estimate of drug-likeness (QED) is 0.844. The van der Waals surface area contributed by atoms with Crippen molar-refractivity contribution < 1.29 is 0 Å². The normalized spacial score (nSPS) is 18.5. The molecule has 1 aromatic carbocycles. The van der Waals surface area contributed by atoms with E-state index in [2.05, 4.69) is 36.1 Å². The van der Waals surface area contributed by atoms with Gasteiger partial charge in [0.15, 0.2) is 0 Å². The summed E-state index contributed by atoms with van der Waals surface area (Å²) in [6.07, 6.45) is 5.01. The average Bonchev–Trinajstić information content (AvgIpc) is 2.39. The zero-order chi connectivity index (χ0) is 11.4. The van der Waals surface area contributed by atoms with Crippen molar-refractivity contribution >= 4 is 5.69 Å². The fourth-order valence-corrected chi connectivity index (χ4v) is 2.44. The molecule has 1 heterocycles. The fraction of sp³-hybridized carbons (Fsp3) is 0.571. The molecule has 0 spiro atoms. The molecule has 1 atom stereocenters. The Balaban J connectivity index is 2.24. The van der Waals surface area contributed by atoms with Gasteiger partial charge in [-0.05, 0) is 37.3 Å². The maximum atomic E-state index is 6.18. The summed E-state index contributed by atoms with van der Waals surface area (Å²) in [4.78, 5) is 2.49. The Morgan fingerprint density at radius 1 is 1.19 bits per heavy atom. The van der Waals surface area contributed by atoms with Crippen LogP contribution in [0.15, 0.2) is 24.3 Å². The van der Waals surface area contributed by atoms with E-state index in [-0.39, 0.29) is 6.04 Å². The van der Waals surface area contributed by atoms with Crippen molar-refractivity contribution in [2.24, 2.45) is 5.73 Å². The highest BCUT2D eigenvalue weighted by molar-refractivity contribution is 5.55. The Labute approximate surface area is 98.4 Å². The lowest BCUT2D eigenvalue weighted by atomic mass is 10.0. The predicted molar refractivity (Wildman–Crippen MR) is 69.7 cm³/mol. The summed E-state index contributed by atoms with van der Waals surface area (Å²) >= 11 is 0. The Morgan fingerprint density at radius 3 is 2.56 bits per heavy atom. The molecular formula is C14H22N2. The zero-order valence-electron chi connectivity index (χ0n) is 10.2. The molecule has 1 fully saturated rings. The summed E-state index contributed by atoms with van der Waals surface area (Å²) in [7, 11) is 0. The van der Waals surface area contributed by atoms with Crippen molar-refractivity contribution in [3.8, 4) is 0 Å². The SMILES string of the molecule is CC[C@H](N)c1ccccc1N1CCCCC1. The molecule has 2 N–H and O–H groups in total. The van der Waals surface area contributed by atoms with Gasteiger partial charge in [0.1, 0.15) is 0 Å². The minimum absolute atomic E-state index is 0.179. The number of hydrogen-bond acceptors (Lipinski definition) is 2. The van der Waals surface area contributed by atoms with Crippen LogP contribution in [0.5, 0.6) is 0 Å². The highest BCUT2D eigenvalue weighted by atomic mass is 15.1. The monoisotopic (exact) mass is 218 g/mol. The minimum Gasteiger partial charge on any atom is -0.371 e. The van der Waals surface area contributed by atoms with E-state index in [9.17, 15) is 0 Å². The van der Waals surface area contributed by atoms with Gasteiger partial charge in [0.05, 0.1) is 0 Å². The first-order chi connectivity index (χ1) is 7.83. The predicted octanol–water partition coefficient (Wildman–Crippen LogP) is 3.09. The van der Waals surface area contributed by atoms with Gasteiger partial charge in [-0.3, -0.25) is 0 Å². The number of anilines is 1. The fourth-order valence-electron chi connectivity index (χ4n) is 2.44. The number of nitrogens with zero attached hydrogens (tertiary/aromatic N) is 1. The van der Waals surface area contributed by atoms with E-state index >= 15 is 0 Å². The Kier molecular flexibility index (Phi) is 3.83. The molecule has 1 saturated heterocycles. The van der Waals surface area contributed by atoms with E-state index < -0.39 is 0 Å². The third kappa shape index (κ3) is 2.38. The molecular weight excluding hydrogens is 196 g/mol. The molecule has 16 heavy (non-hydrogen) atoms. The van der Waals surface area contributed by atoms with Crippen molar-refractivity contribution in [1.29, 1.82) is 0 Å². The van der Waals surface area contributed by atoms with Gasteiger partial charge in [-0.1, -0.05) is 25.1 Å². The summed E-state index contributed by atoms with van der Waals surface area (Å²) < 4.78 is 0. The third-order valence-electron chi connectivity index (χ3n) is 3.47. The number of piperidine rings is 1. The smallest absolute Gasteiger partial charge is 0.0414 e. The molecule has 0 amide bonds. The summed E-state index contributed by atoms with van der Waals surface area (Å²) in [6, 6.07) is 8.79. The van der Waals surface area contributed by atoms with E-state index in [1.807, 2.05) is 0 Å². The second-order valence-electron chi connectivity index (χ2n) is 4.62. The molecule has 1 aliphatic rings. The van der Waals surface area contributed by atoms with Gasteiger partial charge >= 0.3 is 0 Å². The van der Waals surface area contributed by atoms with Gasteiger partial charge in [-0.2, -0.15) is 0 Å². The molecule has 2 heteroatoms. The van der Waals surface area contributed by atoms with Crippen molar-refractivity contribution in [3.05, 3.63) is 29.8 Å². The molecule has 0 saturated carbocycles. The first-order valence-corrected chi connectivity index (χ1v) is 6.42. The second kappa shape index (κ2) is 5.35. The van der Waals surface area contributed by atoms with Gasteiger partial charge in [-0.15, -0.1) is 0 Å². The summed E-state index contributed by atoms with van der Waals surface area (Å²) in [6.45, 7) is 4.53. The second-order valence-corrected chi connectivity index (χ2v) is 4.62. The van der Waals surface area contributed by atoms with Crippen LogP contribution in [0.4, 0.5) is 5.69 Å². The zero-order valence-corrected chi connectivity index (χ0v) is 10.2. The van der Waals surface area contributed by atoms with Crippen molar-refractivity contribution in [3.63, 3.8) is 0 Å². The van der Waals surface area contributed by atoms with Gasteiger partial charge in [0.2, 0.25) is 0 Å². The number of hydrogen-bond donors (Lipinski definition) is 1. The molecule has 0 aliphatic carbocycles. The molecule has 0 bridgehead atoms. The summed E-state index contributed by atoms with van der Waals surface area (Å²) in [5.74, 6) is 0. The number of para-hydroxylation sites is 1. The van der Waals surface area contributed by atoms with Gasteiger partial charge < -0.3 is 10.6 Å². The van der Waals surface area contributed by atoms with Crippen LogP contribution < -0.4 is 10.6 Å². The van der Waals surface area contributed by atoms with Crippen molar-refractivity contribution in [2.45, 2.75) is 38.6 Å². The van der Waals surface area contributed by atoms with Crippen molar-refractivity contribution in [1.82, 2.24) is 0 Å². The molecule has 2 rings (SSSR count). The molecule has 0 radical (unpaired) electrons. The highest BCUT2D eigenvalue weighted by Crippen LogP contribution is 2.28. The average molecular weight is 218 g/mol. The summed E-state index contributed by atoms with van der Waals surface area (Å²) in [5.41, 5.74) is 8.84. The lowest BCUT2D eigenvalue weighted by molar-refractivity contribution is 0.572. The standard InChI is InChI=1S/C14H22N2/c1-2-13(15)12-8-4-5-9-14(12)16-10-6-3-7-11-16/h4-5,8-9,13H,2-3,6-7,10-11,15H2,1H3/t13-/m0/s1. The minimum atomic E-state index is 0.179. The van der Waals surface area contributed by atoms with Crippen LogP contribution >= 0.6 is 0 Å². The lowest BCUT2D eigenvalue weighted by Gasteiger charge is -2.31. The number of nitrogens with two attached hydrogens (primary N) is 1. The molecule has 88 valence electrons. The van der Waals surface area contributed by atoms with Crippen LogP contribution in [0.2, 0.25) is 0 Å². The molecule has 2 nitrogen and oxygen atoms in total. The molecule has 1 aliphatic heterocycles. The maximum Gasteiger partial charge on any atom is 0.0414 e. The molecule has 0 unspecified atom stereocenters. The van der Waals surface area contributed by atoms with Crippen molar-refractivity contribution in [2.75, 3.05) is 18.0 Å². The van der Waals surface area contributed by atoms with E-state index in [1.165, 1.54) is 43.6 Å². The van der Waals surface area contributed by atoms with Crippen LogP contribution in [0, 0.1) is 0 Å². The van der Waals surface area contributed by atoms with Gasteiger partial charge in [0.25, 0.3) is 0 Å². The maximum absolute atomic E-state index is 6.18. The van der Waals surface area contributed by atoms with Crippen LogP contribution in [-0.2, 0) is 0 Å². The topological polar surface area (TPSA) is 29.3 Å². The Bertz CT molecular complexity index is 329. The Hall–Kier alpha value is -1.02. The first-order valence-electron chi connectivity index (χ1n) is 6.42. The number of rotatable bonds is 3. The van der Waals surface area contributed by atoms with Crippen LogP contribution in [0.1, 0.15) is 44.2 Å². The largest absolute Gasteiger partial charge is 0.371 e. The number of benzene rings is 1. The van der Waals surface area contributed by atoms with Crippen LogP contribution in [0.3, 0.4) is 0 Å².